The second kappa shape index (κ2) is 11.0. The summed E-state index contributed by atoms with van der Waals surface area (Å²) in [4.78, 5) is 23.6. The van der Waals surface area contributed by atoms with E-state index >= 15 is 0 Å². The van der Waals surface area contributed by atoms with Gasteiger partial charge in [0.15, 0.2) is 5.78 Å². The average molecular weight is 329 g/mol. The lowest BCUT2D eigenvalue weighted by Crippen LogP contribution is -2.31. The molecule has 0 spiro atoms. The molecule has 1 unspecified atom stereocenters. The van der Waals surface area contributed by atoms with Crippen molar-refractivity contribution >= 4 is 24.1 Å². The van der Waals surface area contributed by atoms with Gasteiger partial charge >= 0.3 is 0 Å². The molecule has 0 saturated carbocycles. The van der Waals surface area contributed by atoms with E-state index in [4.69, 9.17) is 10.5 Å². The number of ether oxygens (including phenoxy) is 1. The zero-order chi connectivity index (χ0) is 15.7. The molecule has 0 heterocycles. The van der Waals surface area contributed by atoms with Crippen LogP contribution < -0.4 is 15.8 Å². The van der Waals surface area contributed by atoms with Gasteiger partial charge in [-0.1, -0.05) is 6.92 Å². The van der Waals surface area contributed by atoms with Crippen LogP contribution in [0.3, 0.4) is 0 Å². The van der Waals surface area contributed by atoms with Gasteiger partial charge in [0, 0.05) is 24.9 Å². The van der Waals surface area contributed by atoms with Gasteiger partial charge in [0.2, 0.25) is 5.91 Å². The van der Waals surface area contributed by atoms with Gasteiger partial charge in [-0.3, -0.25) is 9.59 Å². The number of halogens is 1. The summed E-state index contributed by atoms with van der Waals surface area (Å²) in [7, 11) is 0. The number of nitrogens with one attached hydrogen (secondary N) is 1. The lowest BCUT2D eigenvalue weighted by Gasteiger charge is -2.09. The number of hydrogen-bond donors (Lipinski definition) is 2. The minimum absolute atomic E-state index is 0. The molecule has 124 valence electrons. The van der Waals surface area contributed by atoms with Crippen LogP contribution in [0, 0.1) is 5.92 Å². The highest BCUT2D eigenvalue weighted by molar-refractivity contribution is 5.98. The number of benzene rings is 1. The van der Waals surface area contributed by atoms with Crippen LogP contribution in [0.1, 0.15) is 37.0 Å². The number of rotatable bonds is 9. The maximum absolute atomic E-state index is 12.0. The second-order valence-corrected chi connectivity index (χ2v) is 5.03. The van der Waals surface area contributed by atoms with Crippen molar-refractivity contribution in [2.24, 2.45) is 11.7 Å². The van der Waals surface area contributed by atoms with Gasteiger partial charge in [0.1, 0.15) is 5.75 Å². The molecule has 0 aliphatic rings. The Bertz CT molecular complexity index is 463. The van der Waals surface area contributed by atoms with E-state index in [1.807, 2.05) is 13.8 Å². The number of ketones is 1. The number of Topliss-reactive ketones (excluding diaryl/α,β-unsaturated/α-hetero) is 1. The molecule has 1 aromatic rings. The van der Waals surface area contributed by atoms with Crippen LogP contribution in [-0.4, -0.2) is 31.4 Å². The maximum Gasteiger partial charge on any atom is 0.220 e. The van der Waals surface area contributed by atoms with Crippen molar-refractivity contribution in [3.63, 3.8) is 0 Å². The summed E-state index contributed by atoms with van der Waals surface area (Å²) in [5, 5.41) is 2.77. The molecule has 5 nitrogen and oxygen atoms in total. The number of amides is 1. The van der Waals surface area contributed by atoms with E-state index in [0.29, 0.717) is 25.3 Å². The minimum Gasteiger partial charge on any atom is -0.494 e. The Morgan fingerprint density at radius 3 is 2.41 bits per heavy atom. The molecule has 0 bridgehead atoms. The summed E-state index contributed by atoms with van der Waals surface area (Å²) in [6, 6.07) is 6.98. The zero-order valence-electron chi connectivity index (χ0n) is 13.1. The fraction of sp³-hybridized carbons (Fsp3) is 0.500. The normalized spacial score (nSPS) is 11.2. The van der Waals surface area contributed by atoms with Crippen LogP contribution in [0.4, 0.5) is 0 Å². The summed E-state index contributed by atoms with van der Waals surface area (Å²) in [6.07, 6.45) is 0.403. The molecule has 0 saturated heterocycles. The lowest BCUT2D eigenvalue weighted by atomic mass is 10.1. The molecule has 0 aliphatic heterocycles. The quantitative estimate of drug-likeness (QED) is 0.681. The fourth-order valence-electron chi connectivity index (χ4n) is 1.73. The van der Waals surface area contributed by atoms with Gasteiger partial charge in [0.25, 0.3) is 0 Å². The van der Waals surface area contributed by atoms with E-state index in [-0.39, 0.29) is 42.9 Å². The van der Waals surface area contributed by atoms with E-state index in [9.17, 15) is 9.59 Å². The third kappa shape index (κ3) is 7.43. The highest BCUT2D eigenvalue weighted by Gasteiger charge is 2.10. The van der Waals surface area contributed by atoms with Gasteiger partial charge in [-0.25, -0.2) is 0 Å². The van der Waals surface area contributed by atoms with E-state index in [1.165, 1.54) is 0 Å². The number of nitrogens with two attached hydrogens (primary N) is 1. The predicted molar refractivity (Wildman–Crippen MR) is 89.7 cm³/mol. The lowest BCUT2D eigenvalue weighted by molar-refractivity contribution is -0.121. The molecule has 0 radical (unpaired) electrons. The average Bonchev–Trinajstić information content (AvgIpc) is 2.51. The largest absolute Gasteiger partial charge is 0.494 e. The van der Waals surface area contributed by atoms with Crippen LogP contribution in [0.5, 0.6) is 5.75 Å². The summed E-state index contributed by atoms with van der Waals surface area (Å²) < 4.78 is 5.32. The highest BCUT2D eigenvalue weighted by atomic mass is 35.5. The van der Waals surface area contributed by atoms with E-state index in [0.717, 1.165) is 5.75 Å². The monoisotopic (exact) mass is 328 g/mol. The van der Waals surface area contributed by atoms with Crippen molar-refractivity contribution in [2.45, 2.75) is 26.7 Å². The van der Waals surface area contributed by atoms with Crippen molar-refractivity contribution in [2.75, 3.05) is 19.7 Å². The van der Waals surface area contributed by atoms with Gasteiger partial charge in [-0.15, -0.1) is 12.4 Å². The molecular formula is C16H25ClN2O3. The number of carbonyl (C=O) groups is 2. The first kappa shape index (κ1) is 20.4. The molecule has 1 rings (SSSR count). The Balaban J connectivity index is 0.00000441. The Morgan fingerprint density at radius 1 is 1.23 bits per heavy atom. The van der Waals surface area contributed by atoms with Crippen molar-refractivity contribution in [3.8, 4) is 5.75 Å². The van der Waals surface area contributed by atoms with Gasteiger partial charge in [0.05, 0.1) is 6.61 Å². The number of carbonyl (C=O) groups excluding carboxylic acids is 2. The molecule has 0 aliphatic carbocycles. The first-order valence-electron chi connectivity index (χ1n) is 7.29. The van der Waals surface area contributed by atoms with Crippen LogP contribution in [0.2, 0.25) is 0 Å². The highest BCUT2D eigenvalue weighted by Crippen LogP contribution is 2.14. The fourth-order valence-corrected chi connectivity index (χ4v) is 1.73. The molecular weight excluding hydrogens is 304 g/mol. The topological polar surface area (TPSA) is 81.4 Å². The van der Waals surface area contributed by atoms with Crippen LogP contribution >= 0.6 is 12.4 Å². The molecule has 3 N–H and O–H groups in total. The van der Waals surface area contributed by atoms with Crippen LogP contribution in [-0.2, 0) is 4.79 Å². The predicted octanol–water partition coefficient (Wildman–Crippen LogP) is 2.18. The minimum atomic E-state index is -0.116. The van der Waals surface area contributed by atoms with Crippen molar-refractivity contribution in [1.29, 1.82) is 0 Å². The SMILES string of the molecule is CCOc1ccc(C(=O)CCC(=O)NCC(C)CN)cc1.Cl. The Labute approximate surface area is 138 Å². The number of hydrogen-bond acceptors (Lipinski definition) is 4. The van der Waals surface area contributed by atoms with Crippen molar-refractivity contribution in [1.82, 2.24) is 5.32 Å². The first-order valence-corrected chi connectivity index (χ1v) is 7.29. The van der Waals surface area contributed by atoms with E-state index in [1.54, 1.807) is 24.3 Å². The van der Waals surface area contributed by atoms with Gasteiger partial charge in [-0.05, 0) is 43.7 Å². The molecule has 6 heteroatoms. The molecule has 0 fully saturated rings. The molecule has 1 amide bonds. The van der Waals surface area contributed by atoms with Crippen LogP contribution in [0.25, 0.3) is 0 Å². The van der Waals surface area contributed by atoms with Gasteiger partial charge < -0.3 is 15.8 Å². The summed E-state index contributed by atoms with van der Waals surface area (Å²) >= 11 is 0. The molecule has 1 atom stereocenters. The van der Waals surface area contributed by atoms with E-state index in [2.05, 4.69) is 5.32 Å². The summed E-state index contributed by atoms with van der Waals surface area (Å²) in [5.41, 5.74) is 6.07. The molecule has 1 aromatic carbocycles. The zero-order valence-corrected chi connectivity index (χ0v) is 13.9. The third-order valence-electron chi connectivity index (χ3n) is 3.12. The third-order valence-corrected chi connectivity index (χ3v) is 3.12. The smallest absolute Gasteiger partial charge is 0.220 e. The molecule has 0 aromatic heterocycles. The van der Waals surface area contributed by atoms with Gasteiger partial charge in [-0.2, -0.15) is 0 Å². The maximum atomic E-state index is 12.0. The standard InChI is InChI=1S/C16H24N2O3.ClH/c1-3-21-14-6-4-13(5-7-14)15(19)8-9-16(20)18-11-12(2)10-17;/h4-7,12H,3,8-11,17H2,1-2H3,(H,18,20);1H. The Kier molecular flexibility index (Phi) is 10.2. The summed E-state index contributed by atoms with van der Waals surface area (Å²) in [6.45, 7) is 5.54. The van der Waals surface area contributed by atoms with E-state index < -0.39 is 0 Å². The van der Waals surface area contributed by atoms with Crippen molar-refractivity contribution < 1.29 is 14.3 Å². The first-order chi connectivity index (χ1) is 10.1. The summed E-state index contributed by atoms with van der Waals surface area (Å²) in [5.74, 6) is 0.827. The Morgan fingerprint density at radius 2 is 1.86 bits per heavy atom. The second-order valence-electron chi connectivity index (χ2n) is 5.03. The Hall–Kier alpha value is -1.59. The molecule has 22 heavy (non-hydrogen) atoms. The van der Waals surface area contributed by atoms with Crippen LogP contribution in [0.15, 0.2) is 24.3 Å². The van der Waals surface area contributed by atoms with Crippen molar-refractivity contribution in [3.05, 3.63) is 29.8 Å².